The van der Waals surface area contributed by atoms with E-state index in [0.29, 0.717) is 28.8 Å². The summed E-state index contributed by atoms with van der Waals surface area (Å²) in [7, 11) is 0. The van der Waals surface area contributed by atoms with Gasteiger partial charge in [0.2, 0.25) is 0 Å². The number of carboxylic acids is 1. The summed E-state index contributed by atoms with van der Waals surface area (Å²) in [4.78, 5) is 48.1. The zero-order valence-corrected chi connectivity index (χ0v) is 16.4. The molecule has 0 spiro atoms. The Kier molecular flexibility index (Phi) is 5.88. The van der Waals surface area contributed by atoms with Gasteiger partial charge >= 0.3 is 11.9 Å². The van der Waals surface area contributed by atoms with E-state index in [1.54, 1.807) is 25.1 Å². The van der Waals surface area contributed by atoms with Crippen molar-refractivity contribution in [3.63, 3.8) is 0 Å². The number of benzene rings is 1. The molecule has 29 heavy (non-hydrogen) atoms. The number of hydrogen-bond acceptors (Lipinski definition) is 7. The molecule has 150 valence electrons. The van der Waals surface area contributed by atoms with Crippen LogP contribution in [-0.2, 0) is 14.3 Å². The second kappa shape index (κ2) is 8.36. The standard InChI is InChI=1S/C20H17NO7S/c1-3-27-17(22)10-21-18(23)16(29-20(21)26)9-13-6-7-15(28-13)14-8-12(19(24)25)5-4-11(14)2/h4-9H,3,10H2,1-2H3,(H,24,25)/b16-9-. The lowest BCUT2D eigenvalue weighted by Crippen LogP contribution is -2.34. The zero-order valence-electron chi connectivity index (χ0n) is 15.6. The zero-order chi connectivity index (χ0) is 21.1. The number of aryl methyl sites for hydroxylation is 1. The normalized spacial score (nSPS) is 15.2. The van der Waals surface area contributed by atoms with E-state index in [2.05, 4.69) is 0 Å². The van der Waals surface area contributed by atoms with Crippen LogP contribution in [0.1, 0.15) is 28.6 Å². The van der Waals surface area contributed by atoms with Crippen LogP contribution in [0.15, 0.2) is 39.7 Å². The van der Waals surface area contributed by atoms with Gasteiger partial charge in [-0.3, -0.25) is 19.3 Å². The third-order valence-corrected chi connectivity index (χ3v) is 5.02. The highest BCUT2D eigenvalue weighted by atomic mass is 32.2. The van der Waals surface area contributed by atoms with Gasteiger partial charge in [0.1, 0.15) is 18.1 Å². The highest BCUT2D eigenvalue weighted by Crippen LogP contribution is 2.34. The monoisotopic (exact) mass is 415 g/mol. The van der Waals surface area contributed by atoms with Gasteiger partial charge in [0.15, 0.2) is 0 Å². The first-order valence-corrected chi connectivity index (χ1v) is 9.47. The van der Waals surface area contributed by atoms with Crippen molar-refractivity contribution >= 4 is 40.9 Å². The number of hydrogen-bond donors (Lipinski definition) is 1. The molecule has 0 saturated carbocycles. The molecule has 1 N–H and O–H groups in total. The Labute approximate surface area is 170 Å². The summed E-state index contributed by atoms with van der Waals surface area (Å²) in [5.74, 6) is -1.56. The Morgan fingerprint density at radius 2 is 2.00 bits per heavy atom. The van der Waals surface area contributed by atoms with Gasteiger partial charge < -0.3 is 14.3 Å². The van der Waals surface area contributed by atoms with Gasteiger partial charge in [0.05, 0.1) is 17.1 Å². The second-order valence-corrected chi connectivity index (χ2v) is 7.10. The van der Waals surface area contributed by atoms with Crippen molar-refractivity contribution in [2.24, 2.45) is 0 Å². The summed E-state index contributed by atoms with van der Waals surface area (Å²) < 4.78 is 10.5. The van der Waals surface area contributed by atoms with Gasteiger partial charge in [-0.2, -0.15) is 0 Å². The molecule has 1 aliphatic heterocycles. The van der Waals surface area contributed by atoms with Crippen molar-refractivity contribution in [3.8, 4) is 11.3 Å². The topological polar surface area (TPSA) is 114 Å². The first kappa shape index (κ1) is 20.4. The molecule has 1 aromatic carbocycles. The van der Waals surface area contributed by atoms with Crippen molar-refractivity contribution in [1.82, 2.24) is 4.90 Å². The molecule has 1 saturated heterocycles. The fourth-order valence-corrected chi connectivity index (χ4v) is 3.52. The van der Waals surface area contributed by atoms with Crippen molar-refractivity contribution < 1.29 is 33.4 Å². The maximum atomic E-state index is 12.4. The van der Waals surface area contributed by atoms with Crippen LogP contribution >= 0.6 is 11.8 Å². The molecule has 8 nitrogen and oxygen atoms in total. The maximum absolute atomic E-state index is 12.4. The van der Waals surface area contributed by atoms with E-state index < -0.39 is 29.6 Å². The average Bonchev–Trinajstić information content (AvgIpc) is 3.22. The molecule has 0 atom stereocenters. The number of rotatable bonds is 6. The van der Waals surface area contributed by atoms with Crippen LogP contribution in [0.25, 0.3) is 17.4 Å². The van der Waals surface area contributed by atoms with Crippen LogP contribution in [0.2, 0.25) is 0 Å². The van der Waals surface area contributed by atoms with E-state index in [4.69, 9.17) is 14.3 Å². The van der Waals surface area contributed by atoms with E-state index in [1.165, 1.54) is 18.2 Å². The Morgan fingerprint density at radius 3 is 2.69 bits per heavy atom. The molecule has 0 unspecified atom stereocenters. The molecular weight excluding hydrogens is 398 g/mol. The molecule has 0 aliphatic carbocycles. The molecule has 3 rings (SSSR count). The van der Waals surface area contributed by atoms with Crippen molar-refractivity contribution in [1.29, 1.82) is 0 Å². The number of carbonyl (C=O) groups excluding carboxylic acids is 3. The Balaban J connectivity index is 1.83. The Hall–Kier alpha value is -3.33. The lowest BCUT2D eigenvalue weighted by atomic mass is 10.0. The summed E-state index contributed by atoms with van der Waals surface area (Å²) in [5, 5.41) is 8.60. The highest BCUT2D eigenvalue weighted by molar-refractivity contribution is 8.18. The van der Waals surface area contributed by atoms with Crippen molar-refractivity contribution in [3.05, 3.63) is 52.1 Å². The minimum absolute atomic E-state index is 0.121. The third kappa shape index (κ3) is 4.40. The number of carbonyl (C=O) groups is 4. The van der Waals surface area contributed by atoms with E-state index >= 15 is 0 Å². The van der Waals surface area contributed by atoms with Gasteiger partial charge in [-0.25, -0.2) is 4.79 Å². The number of esters is 1. The third-order valence-electron chi connectivity index (χ3n) is 4.12. The molecule has 0 bridgehead atoms. The van der Waals surface area contributed by atoms with Crippen LogP contribution in [0.4, 0.5) is 4.79 Å². The number of ether oxygens (including phenoxy) is 1. The first-order valence-electron chi connectivity index (χ1n) is 8.65. The number of carboxylic acid groups (broad SMARTS) is 1. The van der Waals surface area contributed by atoms with E-state index in [0.717, 1.165) is 10.5 Å². The van der Waals surface area contributed by atoms with Crippen LogP contribution in [-0.4, -0.2) is 46.2 Å². The SMILES string of the molecule is CCOC(=O)CN1C(=O)S/C(=C\c2ccc(-c3cc(C(=O)O)ccc3C)o2)C1=O. The summed E-state index contributed by atoms with van der Waals surface area (Å²) in [6, 6.07) is 7.96. The molecule has 1 aromatic heterocycles. The lowest BCUT2D eigenvalue weighted by Gasteiger charge is -2.10. The smallest absolute Gasteiger partial charge is 0.335 e. The second-order valence-electron chi connectivity index (χ2n) is 6.11. The minimum Gasteiger partial charge on any atom is -0.478 e. The van der Waals surface area contributed by atoms with Gasteiger partial charge in [0.25, 0.3) is 11.1 Å². The van der Waals surface area contributed by atoms with Crippen LogP contribution in [0.5, 0.6) is 0 Å². The van der Waals surface area contributed by atoms with Gasteiger partial charge in [-0.1, -0.05) is 6.07 Å². The predicted molar refractivity (Wildman–Crippen MR) is 105 cm³/mol. The fourth-order valence-electron chi connectivity index (χ4n) is 2.70. The van der Waals surface area contributed by atoms with Crippen molar-refractivity contribution in [2.45, 2.75) is 13.8 Å². The molecule has 2 amide bonds. The highest BCUT2D eigenvalue weighted by Gasteiger charge is 2.36. The van der Waals surface area contributed by atoms with E-state index in [1.807, 2.05) is 6.92 Å². The van der Waals surface area contributed by atoms with E-state index in [9.17, 15) is 19.2 Å². The molecule has 2 aromatic rings. The van der Waals surface area contributed by atoms with Crippen molar-refractivity contribution in [2.75, 3.05) is 13.2 Å². The van der Waals surface area contributed by atoms with Crippen LogP contribution in [0.3, 0.4) is 0 Å². The largest absolute Gasteiger partial charge is 0.478 e. The molecule has 9 heteroatoms. The first-order chi connectivity index (χ1) is 13.8. The Bertz CT molecular complexity index is 1040. The summed E-state index contributed by atoms with van der Waals surface area (Å²) in [5.41, 5.74) is 1.56. The van der Waals surface area contributed by atoms with Crippen LogP contribution < -0.4 is 0 Å². The summed E-state index contributed by atoms with van der Waals surface area (Å²) in [6.45, 7) is 3.17. The fraction of sp³-hybridized carbons (Fsp3) is 0.200. The summed E-state index contributed by atoms with van der Waals surface area (Å²) >= 11 is 0.704. The minimum atomic E-state index is -1.05. The summed E-state index contributed by atoms with van der Waals surface area (Å²) in [6.07, 6.45) is 1.41. The number of amides is 2. The Morgan fingerprint density at radius 1 is 1.24 bits per heavy atom. The number of aromatic carboxylic acids is 1. The number of furan rings is 1. The van der Waals surface area contributed by atoms with Crippen LogP contribution in [0, 0.1) is 6.92 Å². The molecule has 2 heterocycles. The molecule has 1 aliphatic rings. The number of nitrogens with zero attached hydrogens (tertiary/aromatic N) is 1. The molecule has 1 fully saturated rings. The number of imide groups is 1. The average molecular weight is 415 g/mol. The van der Waals surface area contributed by atoms with Gasteiger partial charge in [-0.15, -0.1) is 0 Å². The maximum Gasteiger partial charge on any atom is 0.335 e. The predicted octanol–water partition coefficient (Wildman–Crippen LogP) is 3.55. The molecule has 0 radical (unpaired) electrons. The quantitative estimate of drug-likeness (QED) is 0.563. The molecular formula is C20H17NO7S. The van der Waals surface area contributed by atoms with Gasteiger partial charge in [-0.05, 0) is 55.4 Å². The number of thioether (sulfide) groups is 1. The van der Waals surface area contributed by atoms with E-state index in [-0.39, 0.29) is 17.1 Å². The van der Waals surface area contributed by atoms with Gasteiger partial charge in [0, 0.05) is 11.6 Å². The lowest BCUT2D eigenvalue weighted by molar-refractivity contribution is -0.145.